The Balaban J connectivity index is 1.19. The Morgan fingerprint density at radius 1 is 1.00 bits per heavy atom. The molecule has 2 saturated heterocycles. The number of anilines is 1. The largest absolute Gasteiger partial charge is 0.473 e. The fourth-order valence-electron chi connectivity index (χ4n) is 4.92. The van der Waals surface area contributed by atoms with E-state index < -0.39 is 5.97 Å². The number of carbonyl (C=O) groups is 3. The molecule has 4 heterocycles. The number of nitrogens with zero attached hydrogens (tertiary/aromatic N) is 5. The highest BCUT2D eigenvalue weighted by atomic mass is 16.5. The van der Waals surface area contributed by atoms with Crippen molar-refractivity contribution in [2.45, 2.75) is 32.2 Å². The van der Waals surface area contributed by atoms with E-state index in [2.05, 4.69) is 4.98 Å². The van der Waals surface area contributed by atoms with Crippen molar-refractivity contribution in [2.24, 2.45) is 0 Å². The van der Waals surface area contributed by atoms with Crippen LogP contribution in [0.2, 0.25) is 0 Å². The maximum absolute atomic E-state index is 13.3. The molecule has 2 aliphatic rings. The number of aromatic nitrogens is 3. The number of imidazole rings is 1. The van der Waals surface area contributed by atoms with Gasteiger partial charge in [-0.05, 0) is 36.2 Å². The van der Waals surface area contributed by atoms with Gasteiger partial charge in [0.25, 0.3) is 0 Å². The number of hydrogen-bond donors (Lipinski definition) is 0. The topological polar surface area (TPSA) is 116 Å². The van der Waals surface area contributed by atoms with Crippen molar-refractivity contribution < 1.29 is 28.6 Å². The number of pyridine rings is 1. The number of carbonyl (C=O) groups excluding carboxylic acids is 3. The molecule has 0 radical (unpaired) electrons. The molecule has 2 fully saturated rings. The molecule has 11 heteroatoms. The minimum atomic E-state index is -0.443. The predicted molar refractivity (Wildman–Crippen MR) is 148 cm³/mol. The first-order valence-corrected chi connectivity index (χ1v) is 13.4. The number of piperazine rings is 1. The number of rotatable bonds is 9. The zero-order valence-corrected chi connectivity index (χ0v) is 22.6. The minimum absolute atomic E-state index is 0.0181. The van der Waals surface area contributed by atoms with Crippen molar-refractivity contribution in [1.29, 1.82) is 0 Å². The van der Waals surface area contributed by atoms with Crippen LogP contribution in [0.15, 0.2) is 66.7 Å². The van der Waals surface area contributed by atoms with Crippen molar-refractivity contribution >= 4 is 34.6 Å². The Morgan fingerprint density at radius 2 is 1.83 bits per heavy atom. The van der Waals surface area contributed by atoms with Crippen molar-refractivity contribution in [3.05, 3.63) is 83.7 Å². The summed E-state index contributed by atoms with van der Waals surface area (Å²) in [6.07, 6.45) is 0.928. The summed E-state index contributed by atoms with van der Waals surface area (Å²) in [6.45, 7) is 1.44. The number of amides is 2. The molecule has 0 saturated carbocycles. The quantitative estimate of drug-likeness (QED) is 0.290. The molecule has 11 nitrogen and oxygen atoms in total. The molecule has 6 rings (SSSR count). The fraction of sp³-hybridized carbons (Fsp3) is 0.300. The molecule has 2 aromatic heterocycles. The summed E-state index contributed by atoms with van der Waals surface area (Å²) in [5.74, 6) is 0.416. The van der Waals surface area contributed by atoms with Crippen molar-refractivity contribution in [1.82, 2.24) is 19.4 Å². The Labute approximate surface area is 236 Å². The van der Waals surface area contributed by atoms with E-state index in [1.165, 1.54) is 16.9 Å². The summed E-state index contributed by atoms with van der Waals surface area (Å²) >= 11 is 0. The normalized spacial score (nSPS) is 17.0. The third kappa shape index (κ3) is 5.62. The van der Waals surface area contributed by atoms with E-state index in [-0.39, 0.29) is 37.6 Å². The van der Waals surface area contributed by atoms with Gasteiger partial charge in [-0.1, -0.05) is 36.4 Å². The first-order chi connectivity index (χ1) is 20.0. The van der Waals surface area contributed by atoms with Crippen LogP contribution in [0.5, 0.6) is 5.88 Å². The average Bonchev–Trinajstić information content (AvgIpc) is 3.31. The minimum Gasteiger partial charge on any atom is -0.473 e. The molecule has 0 aliphatic carbocycles. The van der Waals surface area contributed by atoms with Crippen LogP contribution in [0.25, 0.3) is 11.0 Å². The average molecular weight is 556 g/mol. The predicted octanol–water partition coefficient (Wildman–Crippen LogP) is 2.96. The SMILES string of the molecule is COC(=O)c1ccc2nc(CN3CC(=O)N(c4cccc(OCc5ccccc5)n4)CC3=O)n(CC3CCO3)c2c1. The molecule has 0 N–H and O–H groups in total. The van der Waals surface area contributed by atoms with Crippen LogP contribution < -0.4 is 9.64 Å². The van der Waals surface area contributed by atoms with Gasteiger partial charge >= 0.3 is 5.97 Å². The molecule has 0 bridgehead atoms. The lowest BCUT2D eigenvalue weighted by molar-refractivity contribution is -0.139. The highest BCUT2D eigenvalue weighted by molar-refractivity contribution is 6.04. The van der Waals surface area contributed by atoms with Gasteiger partial charge in [0, 0.05) is 12.7 Å². The molecule has 41 heavy (non-hydrogen) atoms. The van der Waals surface area contributed by atoms with Gasteiger partial charge in [-0.25, -0.2) is 9.78 Å². The van der Waals surface area contributed by atoms with Crippen molar-refractivity contribution in [2.75, 3.05) is 31.7 Å². The van der Waals surface area contributed by atoms with Crippen LogP contribution in [0.1, 0.15) is 28.2 Å². The summed E-state index contributed by atoms with van der Waals surface area (Å²) in [7, 11) is 1.34. The summed E-state index contributed by atoms with van der Waals surface area (Å²) < 4.78 is 18.3. The highest BCUT2D eigenvalue weighted by Crippen LogP contribution is 2.25. The van der Waals surface area contributed by atoms with Gasteiger partial charge in [0.1, 0.15) is 31.3 Å². The first kappa shape index (κ1) is 26.5. The van der Waals surface area contributed by atoms with E-state index in [9.17, 15) is 14.4 Å². The maximum Gasteiger partial charge on any atom is 0.337 e. The van der Waals surface area contributed by atoms with E-state index in [0.717, 1.165) is 17.5 Å². The van der Waals surface area contributed by atoms with Gasteiger partial charge in [0.2, 0.25) is 17.7 Å². The third-order valence-corrected chi connectivity index (χ3v) is 7.25. The second kappa shape index (κ2) is 11.4. The Morgan fingerprint density at radius 3 is 2.59 bits per heavy atom. The van der Waals surface area contributed by atoms with Gasteiger partial charge in [-0.3, -0.25) is 14.5 Å². The van der Waals surface area contributed by atoms with Gasteiger partial charge in [0.05, 0.1) is 42.9 Å². The lowest BCUT2D eigenvalue weighted by atomic mass is 10.1. The van der Waals surface area contributed by atoms with E-state index >= 15 is 0 Å². The van der Waals surface area contributed by atoms with Gasteiger partial charge in [-0.15, -0.1) is 0 Å². The molecule has 4 aromatic rings. The first-order valence-electron chi connectivity index (χ1n) is 13.4. The van der Waals surface area contributed by atoms with E-state index in [4.69, 9.17) is 19.2 Å². The van der Waals surface area contributed by atoms with Crippen LogP contribution in [0.3, 0.4) is 0 Å². The molecule has 2 amide bonds. The third-order valence-electron chi connectivity index (χ3n) is 7.25. The second-order valence-electron chi connectivity index (χ2n) is 9.95. The van der Waals surface area contributed by atoms with Gasteiger partial charge in [-0.2, -0.15) is 4.98 Å². The van der Waals surface area contributed by atoms with Crippen LogP contribution >= 0.6 is 0 Å². The number of hydrogen-bond acceptors (Lipinski definition) is 8. The van der Waals surface area contributed by atoms with Crippen LogP contribution in [0, 0.1) is 0 Å². The molecular formula is C30H29N5O6. The number of benzene rings is 2. The fourth-order valence-corrected chi connectivity index (χ4v) is 4.92. The Kier molecular flexibility index (Phi) is 7.34. The van der Waals surface area contributed by atoms with E-state index in [1.54, 1.807) is 36.4 Å². The standard InChI is InChI=1S/C30H29N5O6/c1-39-30(38)21-10-11-23-24(14-21)34(15-22-12-13-40-22)26(31-23)16-33-17-29(37)35(18-28(33)36)25-8-5-9-27(32-25)41-19-20-6-3-2-4-7-20/h2-11,14,22H,12-13,15-19H2,1H3. The Bertz CT molecular complexity index is 1600. The highest BCUT2D eigenvalue weighted by Gasteiger charge is 2.33. The van der Waals surface area contributed by atoms with Crippen LogP contribution in [-0.2, 0) is 38.8 Å². The van der Waals surface area contributed by atoms with Crippen molar-refractivity contribution in [3.63, 3.8) is 0 Å². The van der Waals surface area contributed by atoms with Gasteiger partial charge in [0.15, 0.2) is 0 Å². The summed E-state index contributed by atoms with van der Waals surface area (Å²) in [4.78, 5) is 50.7. The summed E-state index contributed by atoms with van der Waals surface area (Å²) in [5, 5.41) is 0. The number of ether oxygens (including phenoxy) is 3. The molecular weight excluding hydrogens is 526 g/mol. The van der Waals surface area contributed by atoms with Crippen molar-refractivity contribution in [3.8, 4) is 5.88 Å². The number of methoxy groups -OCH3 is 1. The molecule has 2 aromatic carbocycles. The molecule has 1 unspecified atom stereocenters. The lowest BCUT2D eigenvalue weighted by Gasteiger charge is -2.33. The van der Waals surface area contributed by atoms with Crippen LogP contribution in [-0.4, -0.2) is 70.1 Å². The summed E-state index contributed by atoms with van der Waals surface area (Å²) in [5.41, 5.74) is 2.83. The van der Waals surface area contributed by atoms with E-state index in [1.807, 2.05) is 34.9 Å². The van der Waals surface area contributed by atoms with Crippen LogP contribution in [0.4, 0.5) is 5.82 Å². The zero-order chi connectivity index (χ0) is 28.3. The number of esters is 1. The molecule has 1 atom stereocenters. The smallest absolute Gasteiger partial charge is 0.337 e. The molecule has 0 spiro atoms. The zero-order valence-electron chi connectivity index (χ0n) is 22.6. The molecule has 2 aliphatic heterocycles. The maximum atomic E-state index is 13.3. The number of fused-ring (bicyclic) bond motifs is 1. The lowest BCUT2D eigenvalue weighted by Crippen LogP contribution is -2.54. The molecule has 210 valence electrons. The Hall–Kier alpha value is -4.77. The summed E-state index contributed by atoms with van der Waals surface area (Å²) in [6, 6.07) is 20.0. The second-order valence-corrected chi connectivity index (χ2v) is 9.95. The monoisotopic (exact) mass is 555 g/mol. The van der Waals surface area contributed by atoms with Gasteiger partial charge < -0.3 is 23.7 Å². The van der Waals surface area contributed by atoms with E-state index in [0.29, 0.717) is 48.4 Å².